The molecule has 2 N–H and O–H groups in total. The largest absolute Gasteiger partial charge is 0.390 e. The molecular formula is C20H36O3. The van der Waals surface area contributed by atoms with Crippen LogP contribution in [-0.2, 0) is 4.74 Å². The molecule has 2 aliphatic carbocycles. The summed E-state index contributed by atoms with van der Waals surface area (Å²) in [4.78, 5) is 0. The van der Waals surface area contributed by atoms with Gasteiger partial charge in [0, 0.05) is 0 Å². The van der Waals surface area contributed by atoms with E-state index in [2.05, 4.69) is 20.8 Å². The molecule has 1 heterocycles. The first-order valence-electron chi connectivity index (χ1n) is 9.55. The van der Waals surface area contributed by atoms with Crippen molar-refractivity contribution in [2.75, 3.05) is 6.61 Å². The molecule has 6 atom stereocenters. The lowest BCUT2D eigenvalue weighted by atomic mass is 9.45. The van der Waals surface area contributed by atoms with Crippen LogP contribution in [0.4, 0.5) is 0 Å². The molecule has 0 aromatic carbocycles. The lowest BCUT2D eigenvalue weighted by Gasteiger charge is -2.61. The predicted molar refractivity (Wildman–Crippen MR) is 92.2 cm³/mol. The van der Waals surface area contributed by atoms with E-state index < -0.39 is 11.2 Å². The molecule has 0 bridgehead atoms. The average Bonchev–Trinajstić information content (AvgIpc) is 3.20. The number of epoxide rings is 1. The van der Waals surface area contributed by atoms with Crippen LogP contribution >= 0.6 is 0 Å². The van der Waals surface area contributed by atoms with Gasteiger partial charge in [0.1, 0.15) is 6.10 Å². The van der Waals surface area contributed by atoms with E-state index in [9.17, 15) is 10.2 Å². The minimum Gasteiger partial charge on any atom is -0.390 e. The summed E-state index contributed by atoms with van der Waals surface area (Å²) in [5, 5.41) is 21.8. The quantitative estimate of drug-likeness (QED) is 0.771. The fourth-order valence-corrected chi connectivity index (χ4v) is 6.27. The Morgan fingerprint density at radius 2 is 1.78 bits per heavy atom. The summed E-state index contributed by atoms with van der Waals surface area (Å²) < 4.78 is 5.32. The minimum atomic E-state index is -0.746. The van der Waals surface area contributed by atoms with Crippen LogP contribution in [-0.4, -0.2) is 34.1 Å². The second-order valence-electron chi connectivity index (χ2n) is 10.1. The van der Waals surface area contributed by atoms with Crippen molar-refractivity contribution in [1.82, 2.24) is 0 Å². The van der Waals surface area contributed by atoms with Gasteiger partial charge < -0.3 is 14.9 Å². The smallest absolute Gasteiger partial charge is 0.109 e. The molecule has 0 amide bonds. The van der Waals surface area contributed by atoms with Crippen molar-refractivity contribution in [1.29, 1.82) is 0 Å². The number of aliphatic hydroxyl groups is 2. The van der Waals surface area contributed by atoms with Gasteiger partial charge in [0.2, 0.25) is 0 Å². The van der Waals surface area contributed by atoms with Gasteiger partial charge in [0.05, 0.1) is 17.8 Å². The molecule has 3 rings (SSSR count). The first kappa shape index (κ1) is 17.7. The topological polar surface area (TPSA) is 53.0 Å². The standard InChI is InChI=1S/C20H36O3/c1-17(2)9-6-10-18(3)14(17)7-11-19(4,21)15(18)8-12-20(5,22)16-13-23-16/h14-16,21-22H,6-13H2,1-5H3/t14?,15-,16?,18+,19-,20?/m1/s1. The zero-order valence-electron chi connectivity index (χ0n) is 15.7. The lowest BCUT2D eigenvalue weighted by Crippen LogP contribution is -2.57. The molecule has 0 radical (unpaired) electrons. The zero-order chi connectivity index (χ0) is 17.1. The maximum absolute atomic E-state index is 11.1. The first-order valence-corrected chi connectivity index (χ1v) is 9.55. The molecule has 23 heavy (non-hydrogen) atoms. The van der Waals surface area contributed by atoms with Gasteiger partial charge >= 0.3 is 0 Å². The van der Waals surface area contributed by atoms with Gasteiger partial charge in [-0.05, 0) is 75.0 Å². The molecule has 0 aromatic heterocycles. The zero-order valence-corrected chi connectivity index (χ0v) is 15.7. The Balaban J connectivity index is 1.81. The first-order chi connectivity index (χ1) is 10.5. The van der Waals surface area contributed by atoms with Gasteiger partial charge in [-0.3, -0.25) is 0 Å². The summed E-state index contributed by atoms with van der Waals surface area (Å²) in [6.45, 7) is 11.9. The molecule has 0 aromatic rings. The summed E-state index contributed by atoms with van der Waals surface area (Å²) in [5.41, 5.74) is -0.809. The van der Waals surface area contributed by atoms with Crippen molar-refractivity contribution in [3.05, 3.63) is 0 Å². The van der Waals surface area contributed by atoms with E-state index in [0.717, 1.165) is 25.7 Å². The Hall–Kier alpha value is -0.120. The SMILES string of the molecule is CC1(C)CCC[C@@]2(C)C1CC[C@@](C)(O)[C@@H]2CCC(C)(O)C1CO1. The van der Waals surface area contributed by atoms with E-state index in [4.69, 9.17) is 4.74 Å². The van der Waals surface area contributed by atoms with Crippen LogP contribution in [0.15, 0.2) is 0 Å². The van der Waals surface area contributed by atoms with Crippen molar-refractivity contribution in [2.45, 2.75) is 96.9 Å². The summed E-state index contributed by atoms with van der Waals surface area (Å²) >= 11 is 0. The maximum Gasteiger partial charge on any atom is 0.109 e. The fraction of sp³-hybridized carbons (Fsp3) is 1.00. The number of fused-ring (bicyclic) bond motifs is 1. The highest BCUT2D eigenvalue weighted by Gasteiger charge is 2.58. The average molecular weight is 325 g/mol. The van der Waals surface area contributed by atoms with Gasteiger partial charge in [-0.25, -0.2) is 0 Å². The van der Waals surface area contributed by atoms with E-state index in [-0.39, 0.29) is 17.4 Å². The molecule has 134 valence electrons. The third-order valence-electron chi connectivity index (χ3n) is 7.73. The Kier molecular flexibility index (Phi) is 4.18. The molecule has 2 saturated carbocycles. The summed E-state index contributed by atoms with van der Waals surface area (Å²) in [5.74, 6) is 0.939. The molecule has 1 aliphatic heterocycles. The molecule has 1 saturated heterocycles. The molecule has 3 heteroatoms. The van der Waals surface area contributed by atoms with Crippen molar-refractivity contribution in [3.63, 3.8) is 0 Å². The number of rotatable bonds is 4. The normalized spacial score (nSPS) is 48.4. The molecular weight excluding hydrogens is 288 g/mol. The summed E-state index contributed by atoms with van der Waals surface area (Å²) in [6.07, 6.45) is 7.42. The summed E-state index contributed by atoms with van der Waals surface area (Å²) in [6, 6.07) is 0. The van der Waals surface area contributed by atoms with Crippen LogP contribution in [0.5, 0.6) is 0 Å². The second-order valence-corrected chi connectivity index (χ2v) is 10.1. The Labute approximate surface area is 141 Å². The van der Waals surface area contributed by atoms with Crippen LogP contribution < -0.4 is 0 Å². The third-order valence-corrected chi connectivity index (χ3v) is 7.73. The monoisotopic (exact) mass is 324 g/mol. The molecule has 0 spiro atoms. The Morgan fingerprint density at radius 3 is 2.39 bits per heavy atom. The van der Waals surface area contributed by atoms with E-state index in [1.165, 1.54) is 19.3 Å². The van der Waals surface area contributed by atoms with Crippen LogP contribution in [0, 0.1) is 22.7 Å². The van der Waals surface area contributed by atoms with E-state index in [0.29, 0.717) is 17.9 Å². The maximum atomic E-state index is 11.1. The van der Waals surface area contributed by atoms with Gasteiger partial charge in [0.15, 0.2) is 0 Å². The van der Waals surface area contributed by atoms with E-state index in [1.54, 1.807) is 0 Å². The predicted octanol–water partition coefficient (Wildman–Crippen LogP) is 3.91. The van der Waals surface area contributed by atoms with E-state index in [1.807, 2.05) is 13.8 Å². The molecule has 3 fully saturated rings. The molecule has 3 unspecified atom stereocenters. The van der Waals surface area contributed by atoms with Crippen LogP contribution in [0.1, 0.15) is 79.6 Å². The second kappa shape index (κ2) is 5.44. The van der Waals surface area contributed by atoms with E-state index >= 15 is 0 Å². The fourth-order valence-electron chi connectivity index (χ4n) is 6.27. The molecule has 3 nitrogen and oxygen atoms in total. The highest BCUT2D eigenvalue weighted by Crippen LogP contribution is 2.63. The van der Waals surface area contributed by atoms with Crippen LogP contribution in [0.2, 0.25) is 0 Å². The Bertz CT molecular complexity index is 450. The highest BCUT2D eigenvalue weighted by atomic mass is 16.6. The Morgan fingerprint density at radius 1 is 1.13 bits per heavy atom. The number of hydrogen-bond donors (Lipinski definition) is 2. The van der Waals surface area contributed by atoms with Crippen LogP contribution in [0.3, 0.4) is 0 Å². The van der Waals surface area contributed by atoms with Gasteiger partial charge in [0.25, 0.3) is 0 Å². The highest BCUT2D eigenvalue weighted by molar-refractivity contribution is 5.08. The molecule has 3 aliphatic rings. The van der Waals surface area contributed by atoms with Gasteiger partial charge in [-0.1, -0.05) is 27.2 Å². The lowest BCUT2D eigenvalue weighted by molar-refractivity contribution is -0.173. The van der Waals surface area contributed by atoms with Crippen molar-refractivity contribution < 1.29 is 14.9 Å². The number of hydrogen-bond acceptors (Lipinski definition) is 3. The summed E-state index contributed by atoms with van der Waals surface area (Å²) in [7, 11) is 0. The van der Waals surface area contributed by atoms with Gasteiger partial charge in [-0.15, -0.1) is 0 Å². The van der Waals surface area contributed by atoms with Crippen molar-refractivity contribution in [2.24, 2.45) is 22.7 Å². The van der Waals surface area contributed by atoms with Crippen molar-refractivity contribution >= 4 is 0 Å². The number of ether oxygens (including phenoxy) is 1. The van der Waals surface area contributed by atoms with Gasteiger partial charge in [-0.2, -0.15) is 0 Å². The van der Waals surface area contributed by atoms with Crippen molar-refractivity contribution in [3.8, 4) is 0 Å². The minimum absolute atomic E-state index is 0.00226. The van der Waals surface area contributed by atoms with Crippen LogP contribution in [0.25, 0.3) is 0 Å². The third kappa shape index (κ3) is 3.09.